The number of hydrogen-bond donors (Lipinski definition) is 1. The summed E-state index contributed by atoms with van der Waals surface area (Å²) in [6, 6.07) is 9.68. The molecule has 0 unspecified atom stereocenters. The maximum atomic E-state index is 13.3. The lowest BCUT2D eigenvalue weighted by molar-refractivity contribution is -0.118. The minimum atomic E-state index is -0.536. The summed E-state index contributed by atoms with van der Waals surface area (Å²) in [4.78, 5) is 11.6. The van der Waals surface area contributed by atoms with Crippen LogP contribution in [0.1, 0.15) is 0 Å². The van der Waals surface area contributed by atoms with Gasteiger partial charge in [0.2, 0.25) is 0 Å². The molecule has 2 aromatic rings. The highest BCUT2D eigenvalue weighted by Gasteiger charge is 2.09. The molecule has 0 spiro atoms. The second-order valence-corrected chi connectivity index (χ2v) is 4.75. The molecule has 2 aromatic carbocycles. The van der Waals surface area contributed by atoms with Gasteiger partial charge in [-0.1, -0.05) is 12.1 Å². The normalized spacial score (nSPS) is 10.2. The van der Waals surface area contributed by atoms with Crippen molar-refractivity contribution in [2.45, 2.75) is 0 Å². The predicted octanol–water partition coefficient (Wildman–Crippen LogP) is 3.74. The molecule has 0 aliphatic rings. The number of carbonyl (C=O) groups excluding carboxylic acids is 1. The topological polar surface area (TPSA) is 38.3 Å². The molecule has 0 aliphatic carbocycles. The van der Waals surface area contributed by atoms with Gasteiger partial charge in [0.15, 0.2) is 6.61 Å². The molecule has 0 bridgehead atoms. The van der Waals surface area contributed by atoms with Gasteiger partial charge in [-0.05, 0) is 40.2 Å². The van der Waals surface area contributed by atoms with Crippen molar-refractivity contribution in [2.24, 2.45) is 0 Å². The minimum absolute atomic E-state index is 0.0689. The number of nitrogens with one attached hydrogen (secondary N) is 1. The van der Waals surface area contributed by atoms with Gasteiger partial charge in [-0.25, -0.2) is 8.78 Å². The Morgan fingerprint density at radius 1 is 1.20 bits per heavy atom. The van der Waals surface area contributed by atoms with Crippen LogP contribution >= 0.6 is 15.9 Å². The lowest BCUT2D eigenvalue weighted by atomic mass is 10.3. The first-order valence-electron chi connectivity index (χ1n) is 5.68. The number of carbonyl (C=O) groups is 1. The van der Waals surface area contributed by atoms with Gasteiger partial charge >= 0.3 is 0 Å². The van der Waals surface area contributed by atoms with E-state index in [-0.39, 0.29) is 18.0 Å². The van der Waals surface area contributed by atoms with Gasteiger partial charge in [0.05, 0.1) is 10.2 Å². The van der Waals surface area contributed by atoms with Crippen molar-refractivity contribution in [1.29, 1.82) is 0 Å². The standard InChI is InChI=1S/C14H10BrF2NO2/c15-10-6-5-9(16)7-13(10)20-8-14(19)18-12-4-2-1-3-11(12)17/h1-7H,8H2,(H,18,19). The average Bonchev–Trinajstić information content (AvgIpc) is 2.42. The summed E-state index contributed by atoms with van der Waals surface area (Å²) in [5, 5.41) is 2.37. The second-order valence-electron chi connectivity index (χ2n) is 3.89. The van der Waals surface area contributed by atoms with E-state index in [2.05, 4.69) is 21.2 Å². The summed E-state index contributed by atoms with van der Waals surface area (Å²) >= 11 is 3.18. The van der Waals surface area contributed by atoms with E-state index in [1.807, 2.05) is 0 Å². The van der Waals surface area contributed by atoms with Crippen LogP contribution in [-0.2, 0) is 4.79 Å². The summed E-state index contributed by atoms with van der Waals surface area (Å²) in [5.41, 5.74) is 0.0689. The number of para-hydroxylation sites is 1. The van der Waals surface area contributed by atoms with Crippen molar-refractivity contribution < 1.29 is 18.3 Å². The van der Waals surface area contributed by atoms with Crippen LogP contribution in [0.3, 0.4) is 0 Å². The third kappa shape index (κ3) is 3.77. The maximum absolute atomic E-state index is 13.3. The van der Waals surface area contributed by atoms with Gasteiger partial charge in [-0.15, -0.1) is 0 Å². The van der Waals surface area contributed by atoms with Gasteiger partial charge in [0.25, 0.3) is 5.91 Å². The Balaban J connectivity index is 1.96. The van der Waals surface area contributed by atoms with Crippen molar-refractivity contribution in [2.75, 3.05) is 11.9 Å². The van der Waals surface area contributed by atoms with Crippen LogP contribution in [0.15, 0.2) is 46.9 Å². The first-order valence-corrected chi connectivity index (χ1v) is 6.48. The van der Waals surface area contributed by atoms with Crippen LogP contribution in [0.2, 0.25) is 0 Å². The molecule has 0 radical (unpaired) electrons. The van der Waals surface area contributed by atoms with Crippen LogP contribution in [0.25, 0.3) is 0 Å². The molecule has 3 nitrogen and oxygen atoms in total. The molecule has 1 amide bonds. The number of rotatable bonds is 4. The smallest absolute Gasteiger partial charge is 0.262 e. The van der Waals surface area contributed by atoms with E-state index in [0.29, 0.717) is 4.47 Å². The van der Waals surface area contributed by atoms with Crippen molar-refractivity contribution in [1.82, 2.24) is 0 Å². The number of benzene rings is 2. The lowest BCUT2D eigenvalue weighted by Crippen LogP contribution is -2.20. The monoisotopic (exact) mass is 341 g/mol. The third-order valence-corrected chi connectivity index (χ3v) is 3.06. The fourth-order valence-electron chi connectivity index (χ4n) is 1.48. The Morgan fingerprint density at radius 2 is 1.95 bits per heavy atom. The summed E-state index contributed by atoms with van der Waals surface area (Å²) in [7, 11) is 0. The third-order valence-electron chi connectivity index (χ3n) is 2.40. The van der Waals surface area contributed by atoms with Crippen LogP contribution in [0.4, 0.5) is 14.5 Å². The quantitative estimate of drug-likeness (QED) is 0.919. The summed E-state index contributed by atoms with van der Waals surface area (Å²) in [6.07, 6.45) is 0. The highest BCUT2D eigenvalue weighted by molar-refractivity contribution is 9.10. The first-order chi connectivity index (χ1) is 9.56. The Morgan fingerprint density at radius 3 is 2.70 bits per heavy atom. The highest BCUT2D eigenvalue weighted by atomic mass is 79.9. The Labute approximate surface area is 122 Å². The summed E-state index contributed by atoms with van der Waals surface area (Å²) < 4.78 is 32.0. The summed E-state index contributed by atoms with van der Waals surface area (Å²) in [5.74, 6) is -1.34. The SMILES string of the molecule is O=C(COc1cc(F)ccc1Br)Nc1ccccc1F. The van der Waals surface area contributed by atoms with Crippen LogP contribution < -0.4 is 10.1 Å². The molecule has 0 aliphatic heterocycles. The molecule has 0 aromatic heterocycles. The Hall–Kier alpha value is -1.95. The minimum Gasteiger partial charge on any atom is -0.482 e. The van der Waals surface area contributed by atoms with E-state index < -0.39 is 17.5 Å². The number of hydrogen-bond acceptors (Lipinski definition) is 2. The largest absolute Gasteiger partial charge is 0.482 e. The zero-order valence-electron chi connectivity index (χ0n) is 10.2. The molecule has 0 atom stereocenters. The summed E-state index contributed by atoms with van der Waals surface area (Å²) in [6.45, 7) is -0.351. The molecule has 20 heavy (non-hydrogen) atoms. The molecular formula is C14H10BrF2NO2. The van der Waals surface area contributed by atoms with Crippen molar-refractivity contribution in [3.63, 3.8) is 0 Å². The second kappa shape index (κ2) is 6.47. The zero-order valence-corrected chi connectivity index (χ0v) is 11.8. The molecule has 0 fully saturated rings. The molecule has 0 heterocycles. The molecule has 6 heteroatoms. The van der Waals surface area contributed by atoms with Crippen molar-refractivity contribution in [3.05, 3.63) is 58.6 Å². The lowest BCUT2D eigenvalue weighted by Gasteiger charge is -2.09. The average molecular weight is 342 g/mol. The zero-order chi connectivity index (χ0) is 14.5. The van der Waals surface area contributed by atoms with Crippen LogP contribution in [0.5, 0.6) is 5.75 Å². The molecule has 104 valence electrons. The maximum Gasteiger partial charge on any atom is 0.262 e. The van der Waals surface area contributed by atoms with Crippen molar-refractivity contribution >= 4 is 27.5 Å². The fourth-order valence-corrected chi connectivity index (χ4v) is 1.84. The number of anilines is 1. The predicted molar refractivity (Wildman–Crippen MR) is 74.6 cm³/mol. The van der Waals surface area contributed by atoms with Gasteiger partial charge < -0.3 is 10.1 Å². The van der Waals surface area contributed by atoms with E-state index in [1.165, 1.54) is 30.3 Å². The number of amides is 1. The molecule has 0 saturated heterocycles. The molecule has 1 N–H and O–H groups in total. The van der Waals surface area contributed by atoms with Crippen LogP contribution in [0, 0.1) is 11.6 Å². The van der Waals surface area contributed by atoms with E-state index in [0.717, 1.165) is 6.07 Å². The Bertz CT molecular complexity index is 634. The Kier molecular flexibility index (Phi) is 4.68. The molecule has 0 saturated carbocycles. The highest BCUT2D eigenvalue weighted by Crippen LogP contribution is 2.25. The van der Waals surface area contributed by atoms with E-state index in [4.69, 9.17) is 4.74 Å². The fraction of sp³-hybridized carbons (Fsp3) is 0.0714. The first kappa shape index (κ1) is 14.5. The van der Waals surface area contributed by atoms with Crippen molar-refractivity contribution in [3.8, 4) is 5.75 Å². The molecular weight excluding hydrogens is 332 g/mol. The number of halogens is 3. The van der Waals surface area contributed by atoms with Crippen LogP contribution in [-0.4, -0.2) is 12.5 Å². The van der Waals surface area contributed by atoms with Gasteiger partial charge in [-0.2, -0.15) is 0 Å². The van der Waals surface area contributed by atoms with E-state index in [9.17, 15) is 13.6 Å². The molecule has 2 rings (SSSR count). The van der Waals surface area contributed by atoms with Gasteiger partial charge in [-0.3, -0.25) is 4.79 Å². The van der Waals surface area contributed by atoms with Gasteiger partial charge in [0.1, 0.15) is 17.4 Å². The van der Waals surface area contributed by atoms with Gasteiger partial charge in [0, 0.05) is 6.07 Å². The number of ether oxygens (including phenoxy) is 1. The van der Waals surface area contributed by atoms with E-state index >= 15 is 0 Å². The van der Waals surface area contributed by atoms with E-state index in [1.54, 1.807) is 6.07 Å².